The fourth-order valence-corrected chi connectivity index (χ4v) is 3.57. The zero-order valence-corrected chi connectivity index (χ0v) is 20.1. The minimum Gasteiger partial charge on any atom is -0.496 e. The molecule has 180 valence electrons. The van der Waals surface area contributed by atoms with Crippen molar-refractivity contribution in [3.05, 3.63) is 99.5 Å². The molecule has 0 aliphatic rings. The van der Waals surface area contributed by atoms with Crippen LogP contribution in [0.2, 0.25) is 0 Å². The van der Waals surface area contributed by atoms with Gasteiger partial charge in [-0.3, -0.25) is 0 Å². The van der Waals surface area contributed by atoms with Crippen LogP contribution in [0.25, 0.3) is 5.69 Å². The molecule has 0 N–H and O–H groups in total. The lowest BCUT2D eigenvalue weighted by atomic mass is 10.1. The summed E-state index contributed by atoms with van der Waals surface area (Å²) in [7, 11) is 3.12. The van der Waals surface area contributed by atoms with E-state index in [1.165, 1.54) is 9.36 Å². The van der Waals surface area contributed by atoms with Gasteiger partial charge in [-0.1, -0.05) is 41.6 Å². The van der Waals surface area contributed by atoms with Crippen LogP contribution < -0.4 is 15.2 Å². The van der Waals surface area contributed by atoms with Gasteiger partial charge in [-0.2, -0.15) is 9.36 Å². The number of tetrazole rings is 1. The lowest BCUT2D eigenvalue weighted by molar-refractivity contribution is 0.130. The van der Waals surface area contributed by atoms with E-state index in [4.69, 9.17) is 14.3 Å². The highest BCUT2D eigenvalue weighted by atomic mass is 16.6. The summed E-state index contributed by atoms with van der Waals surface area (Å²) in [5, 5.41) is 12.0. The second-order valence-corrected chi connectivity index (χ2v) is 7.96. The molecule has 0 atom stereocenters. The van der Waals surface area contributed by atoms with Crippen molar-refractivity contribution in [2.45, 2.75) is 27.1 Å². The average molecular weight is 474 g/mol. The molecular weight excluding hydrogens is 446 g/mol. The zero-order chi connectivity index (χ0) is 24.8. The first kappa shape index (κ1) is 23.7. The Labute approximate surface area is 203 Å². The Hall–Kier alpha value is -4.40. The van der Waals surface area contributed by atoms with Crippen LogP contribution in [0.5, 0.6) is 11.5 Å². The van der Waals surface area contributed by atoms with Crippen molar-refractivity contribution in [3.8, 4) is 17.2 Å². The van der Waals surface area contributed by atoms with Crippen LogP contribution in [0.3, 0.4) is 0 Å². The first-order valence-electron chi connectivity index (χ1n) is 11.1. The van der Waals surface area contributed by atoms with Crippen molar-refractivity contribution < 1.29 is 14.3 Å². The summed E-state index contributed by atoms with van der Waals surface area (Å²) in [5.41, 5.74) is 4.58. The van der Waals surface area contributed by atoms with Crippen LogP contribution in [0, 0.1) is 6.92 Å². The molecule has 0 unspecified atom stereocenters. The molecule has 0 aliphatic heterocycles. The highest BCUT2D eigenvalue weighted by Crippen LogP contribution is 2.27. The maximum absolute atomic E-state index is 12.4. The van der Waals surface area contributed by atoms with Crippen molar-refractivity contribution >= 4 is 5.71 Å². The second-order valence-electron chi connectivity index (χ2n) is 7.96. The number of aryl methyl sites for hydroxylation is 2. The predicted molar refractivity (Wildman–Crippen MR) is 132 cm³/mol. The van der Waals surface area contributed by atoms with Crippen LogP contribution in [0.15, 0.2) is 76.7 Å². The number of aromatic nitrogens is 4. The maximum atomic E-state index is 12.4. The van der Waals surface area contributed by atoms with Gasteiger partial charge in [-0.05, 0) is 71.3 Å². The number of hydrogen-bond donors (Lipinski definition) is 0. The van der Waals surface area contributed by atoms with E-state index < -0.39 is 0 Å². The van der Waals surface area contributed by atoms with E-state index in [1.54, 1.807) is 26.3 Å². The summed E-state index contributed by atoms with van der Waals surface area (Å²) in [6, 6.07) is 21.1. The van der Waals surface area contributed by atoms with Gasteiger partial charge in [0, 0.05) is 7.05 Å². The molecule has 1 heterocycles. The normalized spacial score (nSPS) is 11.4. The predicted octanol–water partition coefficient (Wildman–Crippen LogP) is 3.80. The van der Waals surface area contributed by atoms with E-state index in [9.17, 15) is 4.79 Å². The Morgan fingerprint density at radius 3 is 2.46 bits per heavy atom. The second kappa shape index (κ2) is 10.7. The van der Waals surface area contributed by atoms with Gasteiger partial charge in [-0.25, -0.2) is 4.79 Å². The molecule has 4 rings (SSSR count). The van der Waals surface area contributed by atoms with Crippen molar-refractivity contribution in [2.24, 2.45) is 12.2 Å². The monoisotopic (exact) mass is 473 g/mol. The lowest BCUT2D eigenvalue weighted by Gasteiger charge is -2.15. The zero-order valence-electron chi connectivity index (χ0n) is 20.1. The third-order valence-electron chi connectivity index (χ3n) is 5.52. The highest BCUT2D eigenvalue weighted by Gasteiger charge is 2.16. The molecule has 1 aromatic heterocycles. The smallest absolute Gasteiger partial charge is 0.368 e. The third kappa shape index (κ3) is 5.40. The number of ether oxygens (including phenoxy) is 2. The van der Waals surface area contributed by atoms with Crippen LogP contribution in [0.1, 0.15) is 29.2 Å². The number of methoxy groups -OCH3 is 1. The number of nitrogens with zero attached hydrogens (tertiary/aromatic N) is 5. The Morgan fingerprint density at radius 1 is 0.971 bits per heavy atom. The van der Waals surface area contributed by atoms with Crippen molar-refractivity contribution in [3.63, 3.8) is 0 Å². The molecule has 0 saturated carbocycles. The van der Waals surface area contributed by atoms with Gasteiger partial charge < -0.3 is 14.3 Å². The topological polar surface area (TPSA) is 92.8 Å². The molecule has 4 aromatic rings. The number of hydrogen-bond acceptors (Lipinski definition) is 7. The Balaban J connectivity index is 1.50. The Kier molecular flexibility index (Phi) is 7.25. The molecule has 0 radical (unpaired) electrons. The lowest BCUT2D eigenvalue weighted by Crippen LogP contribution is -2.23. The molecule has 0 amide bonds. The summed E-state index contributed by atoms with van der Waals surface area (Å²) in [6.45, 7) is 4.46. The van der Waals surface area contributed by atoms with Crippen molar-refractivity contribution in [2.75, 3.05) is 7.11 Å². The largest absolute Gasteiger partial charge is 0.496 e. The SMILES string of the molecule is COc1cccc(-n2nnn(C)c2=O)c1COc1ccc(/C(C)=N/OCc2ccccc2)cc1C. The summed E-state index contributed by atoms with van der Waals surface area (Å²) in [5.74, 6) is 1.29. The molecule has 0 bridgehead atoms. The maximum Gasteiger partial charge on any atom is 0.368 e. The van der Waals surface area contributed by atoms with Crippen molar-refractivity contribution in [1.82, 2.24) is 19.8 Å². The minimum atomic E-state index is -0.357. The molecular formula is C26H27N5O4. The van der Waals surface area contributed by atoms with E-state index in [0.717, 1.165) is 22.4 Å². The molecule has 9 nitrogen and oxygen atoms in total. The van der Waals surface area contributed by atoms with Crippen LogP contribution in [-0.4, -0.2) is 32.6 Å². The number of benzene rings is 3. The fraction of sp³-hybridized carbons (Fsp3) is 0.231. The average Bonchev–Trinajstić information content (AvgIpc) is 3.21. The van der Waals surface area contributed by atoms with Crippen LogP contribution >= 0.6 is 0 Å². The first-order valence-corrected chi connectivity index (χ1v) is 11.1. The minimum absolute atomic E-state index is 0.176. The standard InChI is InChI=1S/C26H27N5O4/c1-18-15-21(19(2)27-35-16-20-9-6-5-7-10-20)13-14-24(18)34-17-22-23(11-8-12-25(22)33-4)31-26(32)30(3)28-29-31/h5-15H,16-17H2,1-4H3/b27-19+. The molecule has 9 heteroatoms. The molecule has 0 spiro atoms. The van der Waals surface area contributed by atoms with E-state index >= 15 is 0 Å². The Bertz CT molecular complexity index is 1390. The first-order chi connectivity index (χ1) is 17.0. The van der Waals surface area contributed by atoms with Gasteiger partial charge in [0.15, 0.2) is 0 Å². The molecule has 0 aliphatic carbocycles. The summed E-state index contributed by atoms with van der Waals surface area (Å²) < 4.78 is 14.0. The highest BCUT2D eigenvalue weighted by molar-refractivity contribution is 5.98. The fourth-order valence-electron chi connectivity index (χ4n) is 3.57. The van der Waals surface area contributed by atoms with Gasteiger partial charge >= 0.3 is 5.69 Å². The van der Waals surface area contributed by atoms with E-state index in [0.29, 0.717) is 29.4 Å². The molecule has 0 saturated heterocycles. The van der Waals surface area contributed by atoms with Gasteiger partial charge in [0.05, 0.1) is 24.1 Å². The van der Waals surface area contributed by atoms with E-state index in [-0.39, 0.29) is 12.3 Å². The van der Waals surface area contributed by atoms with Crippen LogP contribution in [0.4, 0.5) is 0 Å². The number of rotatable bonds is 9. The quantitative estimate of drug-likeness (QED) is 0.271. The molecule has 3 aromatic carbocycles. The molecule has 35 heavy (non-hydrogen) atoms. The summed E-state index contributed by atoms with van der Waals surface area (Å²) in [6.07, 6.45) is 0. The number of oxime groups is 1. The van der Waals surface area contributed by atoms with Gasteiger partial charge in [-0.15, -0.1) is 0 Å². The molecule has 0 fully saturated rings. The summed E-state index contributed by atoms with van der Waals surface area (Å²) >= 11 is 0. The third-order valence-corrected chi connectivity index (χ3v) is 5.52. The van der Waals surface area contributed by atoms with Gasteiger partial charge in [0.25, 0.3) is 0 Å². The van der Waals surface area contributed by atoms with Gasteiger partial charge in [0.1, 0.15) is 24.7 Å². The van der Waals surface area contributed by atoms with E-state index in [2.05, 4.69) is 15.6 Å². The summed E-state index contributed by atoms with van der Waals surface area (Å²) in [4.78, 5) is 17.9. The van der Waals surface area contributed by atoms with E-state index in [1.807, 2.05) is 68.4 Å². The Morgan fingerprint density at radius 2 is 1.77 bits per heavy atom. The van der Waals surface area contributed by atoms with Crippen molar-refractivity contribution in [1.29, 1.82) is 0 Å². The van der Waals surface area contributed by atoms with Gasteiger partial charge in [0.2, 0.25) is 0 Å². The van der Waals surface area contributed by atoms with Crippen LogP contribution in [-0.2, 0) is 25.1 Å².